The third kappa shape index (κ3) is 11.4. The molecule has 0 spiro atoms. The standard InChI is InChI=1S/C54H63F3N10O7S/c1-6-44-52(70)63(2)46-32-59-53(62-49(46)67(44)37-11-7-8-12-37)61-43-18-16-35(29-47(43)73-3)51(69)64-25-20-34(21-26-64)50(68)65-27-22-36(23-28-65)60-41-14-9-15-45-40(41)30-38(66(45)33-54(55,56)57)13-10-24-58-42-19-17-39(75(5,71)72)31-48(42)74-4/h9,14-19,29-32,34,36-37,44,58,60H,6-8,11-12,20-28,33H2,1-5H3,(H,59,61,62). The molecule has 3 fully saturated rings. The van der Waals surface area contributed by atoms with E-state index in [0.717, 1.165) is 42.3 Å². The number of benzene rings is 3. The second kappa shape index (κ2) is 21.9. The van der Waals surface area contributed by atoms with Crippen LogP contribution in [-0.2, 0) is 26.0 Å². The van der Waals surface area contributed by atoms with Crippen LogP contribution in [0.3, 0.4) is 0 Å². The van der Waals surface area contributed by atoms with Crippen molar-refractivity contribution < 1.29 is 45.4 Å². The van der Waals surface area contributed by atoms with Gasteiger partial charge >= 0.3 is 6.18 Å². The van der Waals surface area contributed by atoms with Gasteiger partial charge in [0.05, 0.1) is 54.4 Å². The number of hydrogen-bond acceptors (Lipinski definition) is 13. The van der Waals surface area contributed by atoms with Crippen LogP contribution in [0.15, 0.2) is 71.8 Å². The molecule has 5 heterocycles. The van der Waals surface area contributed by atoms with Gasteiger partial charge in [-0.25, -0.2) is 13.4 Å². The number of hydrogen-bond donors (Lipinski definition) is 3. The fourth-order valence-electron chi connectivity index (χ4n) is 10.9. The summed E-state index contributed by atoms with van der Waals surface area (Å²) >= 11 is 0. The number of aromatic nitrogens is 3. The lowest BCUT2D eigenvalue weighted by Crippen LogP contribution is -2.55. The average Bonchev–Trinajstić information content (AvgIpc) is 4.06. The first-order valence-electron chi connectivity index (χ1n) is 25.5. The smallest absolute Gasteiger partial charge is 0.406 e. The van der Waals surface area contributed by atoms with Crippen LogP contribution in [-0.4, -0.2) is 135 Å². The lowest BCUT2D eigenvalue weighted by molar-refractivity contribution is -0.140. The summed E-state index contributed by atoms with van der Waals surface area (Å²) in [6.07, 6.45) is 5.48. The van der Waals surface area contributed by atoms with E-state index in [0.29, 0.717) is 109 Å². The first-order chi connectivity index (χ1) is 35.9. The number of rotatable bonds is 14. The number of carbonyl (C=O) groups excluding carboxylic acids is 3. The van der Waals surface area contributed by atoms with Gasteiger partial charge in [0, 0.05) is 80.2 Å². The molecule has 9 rings (SSSR count). The number of likely N-dealkylation sites (N-methyl/N-ethyl adjacent to an activating group) is 1. The molecule has 1 saturated carbocycles. The Labute approximate surface area is 435 Å². The lowest BCUT2D eigenvalue weighted by Gasteiger charge is -2.43. The highest BCUT2D eigenvalue weighted by molar-refractivity contribution is 7.90. The minimum absolute atomic E-state index is 0.0357. The van der Waals surface area contributed by atoms with Crippen LogP contribution in [0.4, 0.5) is 47.7 Å². The van der Waals surface area contributed by atoms with Crippen LogP contribution >= 0.6 is 0 Å². The van der Waals surface area contributed by atoms with Crippen molar-refractivity contribution in [1.29, 1.82) is 0 Å². The Kier molecular flexibility index (Phi) is 15.4. The number of alkyl halides is 3. The Hall–Kier alpha value is -7.21. The number of methoxy groups -OCH3 is 2. The maximum absolute atomic E-state index is 13.9. The molecule has 2 aromatic heterocycles. The first kappa shape index (κ1) is 52.6. The Bertz CT molecular complexity index is 3140. The number of carbonyl (C=O) groups is 3. The van der Waals surface area contributed by atoms with E-state index in [-0.39, 0.29) is 64.6 Å². The molecule has 1 aliphatic carbocycles. The summed E-state index contributed by atoms with van der Waals surface area (Å²) in [6.45, 7) is 2.70. The number of sulfone groups is 1. The van der Waals surface area contributed by atoms with Gasteiger partial charge in [0.1, 0.15) is 29.8 Å². The molecule has 17 nitrogen and oxygen atoms in total. The zero-order valence-corrected chi connectivity index (χ0v) is 43.6. The Morgan fingerprint density at radius 2 is 1.56 bits per heavy atom. The molecule has 0 radical (unpaired) electrons. The van der Waals surface area contributed by atoms with Gasteiger partial charge < -0.3 is 49.6 Å². The lowest BCUT2D eigenvalue weighted by atomic mass is 9.93. The van der Waals surface area contributed by atoms with E-state index in [1.165, 1.54) is 26.4 Å². The SMILES string of the molecule is CCC1C(=O)N(C)c2cnc(Nc3ccc(C(=O)N4CCC(C(=O)N5CCC(Nc6cccc7c6cc(C#CCNc6ccc(S(C)(=O)=O)cc6OC)n7CC(F)(F)F)CC5)CC4)cc3OC)nc2N1C1CCCC1. The van der Waals surface area contributed by atoms with Crippen LogP contribution in [0.1, 0.15) is 80.8 Å². The van der Waals surface area contributed by atoms with E-state index in [1.807, 2.05) is 17.9 Å². The zero-order chi connectivity index (χ0) is 53.2. The maximum atomic E-state index is 13.9. The summed E-state index contributed by atoms with van der Waals surface area (Å²) in [7, 11) is 1.24. The molecular formula is C54H63F3N10O7S. The molecule has 0 bridgehead atoms. The minimum Gasteiger partial charge on any atom is -0.495 e. The average molecular weight is 1050 g/mol. The molecule has 3 N–H and O–H groups in total. The molecule has 1 unspecified atom stereocenters. The van der Waals surface area contributed by atoms with Crippen molar-refractivity contribution in [1.82, 2.24) is 24.3 Å². The summed E-state index contributed by atoms with van der Waals surface area (Å²) in [6, 6.07) is 16.3. The van der Waals surface area contributed by atoms with Gasteiger partial charge in [-0.15, -0.1) is 0 Å². The predicted octanol–water partition coefficient (Wildman–Crippen LogP) is 8.08. The highest BCUT2D eigenvalue weighted by Gasteiger charge is 2.41. The summed E-state index contributed by atoms with van der Waals surface area (Å²) < 4.78 is 78.1. The maximum Gasteiger partial charge on any atom is 0.406 e. The second-order valence-electron chi connectivity index (χ2n) is 19.7. The predicted molar refractivity (Wildman–Crippen MR) is 282 cm³/mol. The second-order valence-corrected chi connectivity index (χ2v) is 21.7. The van der Waals surface area contributed by atoms with Gasteiger partial charge in [-0.05, 0) is 99.4 Å². The summed E-state index contributed by atoms with van der Waals surface area (Å²) in [5, 5.41) is 10.5. The molecular weight excluding hydrogens is 990 g/mol. The van der Waals surface area contributed by atoms with E-state index in [1.54, 1.807) is 65.5 Å². The first-order valence-corrected chi connectivity index (χ1v) is 27.4. The monoisotopic (exact) mass is 1050 g/mol. The number of likely N-dealkylation sites (tertiary alicyclic amines) is 2. The Morgan fingerprint density at radius 1 is 0.867 bits per heavy atom. The van der Waals surface area contributed by atoms with E-state index >= 15 is 0 Å². The van der Waals surface area contributed by atoms with E-state index < -0.39 is 22.6 Å². The number of ether oxygens (including phenoxy) is 2. The van der Waals surface area contributed by atoms with Crippen molar-refractivity contribution in [3.05, 3.63) is 78.1 Å². The number of fused-ring (bicyclic) bond motifs is 2. The quantitative estimate of drug-likeness (QED) is 0.0909. The largest absolute Gasteiger partial charge is 0.495 e. The fraction of sp³-hybridized carbons (Fsp3) is 0.463. The molecule has 4 aliphatic rings. The molecule has 3 amide bonds. The number of halogens is 3. The molecule has 21 heteroatoms. The minimum atomic E-state index is -4.51. The molecule has 398 valence electrons. The Morgan fingerprint density at radius 3 is 2.24 bits per heavy atom. The van der Waals surface area contributed by atoms with Crippen LogP contribution in [0.2, 0.25) is 0 Å². The van der Waals surface area contributed by atoms with Crippen molar-refractivity contribution in [3.8, 4) is 23.3 Å². The van der Waals surface area contributed by atoms with Crippen molar-refractivity contribution >= 4 is 73.0 Å². The van der Waals surface area contributed by atoms with Gasteiger partial charge in [0.2, 0.25) is 17.8 Å². The number of anilines is 6. The van der Waals surface area contributed by atoms with Gasteiger partial charge in [-0.2, -0.15) is 18.2 Å². The fourth-order valence-corrected chi connectivity index (χ4v) is 11.5. The zero-order valence-electron chi connectivity index (χ0n) is 42.8. The number of nitrogens with one attached hydrogen (secondary N) is 3. The topological polar surface area (TPSA) is 184 Å². The van der Waals surface area contributed by atoms with Crippen LogP contribution in [0, 0.1) is 17.8 Å². The molecule has 1 atom stereocenters. The number of nitrogens with zero attached hydrogens (tertiary/aromatic N) is 7. The summed E-state index contributed by atoms with van der Waals surface area (Å²) in [4.78, 5) is 58.2. The molecule has 3 aliphatic heterocycles. The van der Waals surface area contributed by atoms with E-state index in [4.69, 9.17) is 14.5 Å². The highest BCUT2D eigenvalue weighted by atomic mass is 32.2. The molecule has 3 aromatic carbocycles. The van der Waals surface area contributed by atoms with Crippen LogP contribution in [0.5, 0.6) is 11.5 Å². The van der Waals surface area contributed by atoms with Crippen molar-refractivity contribution in [3.63, 3.8) is 0 Å². The van der Waals surface area contributed by atoms with Gasteiger partial charge in [-0.1, -0.05) is 31.8 Å². The van der Waals surface area contributed by atoms with Gasteiger partial charge in [-0.3, -0.25) is 14.4 Å². The van der Waals surface area contributed by atoms with Gasteiger partial charge in [0.15, 0.2) is 15.7 Å². The van der Waals surface area contributed by atoms with E-state index in [2.05, 4.69) is 37.7 Å². The van der Waals surface area contributed by atoms with Gasteiger partial charge in [0.25, 0.3) is 5.91 Å². The summed E-state index contributed by atoms with van der Waals surface area (Å²) in [5.41, 5.74) is 3.40. The molecule has 2 saturated heterocycles. The highest BCUT2D eigenvalue weighted by Crippen LogP contribution is 2.41. The van der Waals surface area contributed by atoms with Crippen molar-refractivity contribution in [2.75, 3.05) is 86.0 Å². The summed E-state index contributed by atoms with van der Waals surface area (Å²) in [5.74, 6) is 7.30. The van der Waals surface area contributed by atoms with Crippen molar-refractivity contribution in [2.24, 2.45) is 5.92 Å². The number of amides is 3. The van der Waals surface area contributed by atoms with E-state index in [9.17, 15) is 36.0 Å². The normalized spacial score (nSPS) is 17.9. The molecule has 75 heavy (non-hydrogen) atoms. The Balaban J connectivity index is 0.790. The van der Waals surface area contributed by atoms with Crippen LogP contribution < -0.4 is 35.2 Å². The van der Waals surface area contributed by atoms with Crippen molar-refractivity contribution in [2.45, 2.75) is 100 Å². The number of piperidine rings is 2. The third-order valence-corrected chi connectivity index (χ3v) is 16.0. The van der Waals surface area contributed by atoms with Crippen LogP contribution in [0.25, 0.3) is 10.9 Å². The molecule has 5 aromatic rings. The third-order valence-electron chi connectivity index (χ3n) is 14.9.